The van der Waals surface area contributed by atoms with Gasteiger partial charge in [0, 0.05) is 63.3 Å². The maximum Gasteiger partial charge on any atom is 0.351 e. The molecule has 2 aliphatic heterocycles. The summed E-state index contributed by atoms with van der Waals surface area (Å²) in [5, 5.41) is 7.05. The Morgan fingerprint density at radius 2 is 1.82 bits per heavy atom. The highest BCUT2D eigenvalue weighted by molar-refractivity contribution is 7.88. The van der Waals surface area contributed by atoms with E-state index in [-0.39, 0.29) is 11.3 Å². The van der Waals surface area contributed by atoms with Gasteiger partial charge in [0.25, 0.3) is 5.91 Å². The number of aromatic amines is 2. The van der Waals surface area contributed by atoms with Gasteiger partial charge in [-0.3, -0.25) is 20.0 Å². The second kappa shape index (κ2) is 12.5. The third kappa shape index (κ3) is 6.50. The van der Waals surface area contributed by atoms with Crippen molar-refractivity contribution >= 4 is 55.8 Å². The van der Waals surface area contributed by atoms with Gasteiger partial charge in [-0.2, -0.15) is 4.31 Å². The maximum absolute atomic E-state index is 14.4. The van der Waals surface area contributed by atoms with Gasteiger partial charge in [0.05, 0.1) is 30.0 Å². The van der Waals surface area contributed by atoms with Crippen molar-refractivity contribution in [3.8, 4) is 5.75 Å². The molecule has 0 atom stereocenters. The third-order valence-corrected chi connectivity index (χ3v) is 9.81. The van der Waals surface area contributed by atoms with Gasteiger partial charge in [-0.05, 0) is 43.2 Å². The van der Waals surface area contributed by atoms with E-state index in [9.17, 15) is 17.6 Å². The van der Waals surface area contributed by atoms with E-state index < -0.39 is 21.7 Å². The second-order valence-electron chi connectivity index (χ2n) is 11.3. The Balaban J connectivity index is 1.16. The summed E-state index contributed by atoms with van der Waals surface area (Å²) in [6, 6.07) is 12.4. The van der Waals surface area contributed by atoms with Crippen molar-refractivity contribution in [3.05, 3.63) is 60.0 Å². The number of aromatic nitrogens is 3. The van der Waals surface area contributed by atoms with Crippen molar-refractivity contribution in [2.24, 2.45) is 5.73 Å². The molecule has 45 heavy (non-hydrogen) atoms. The number of piperidine rings is 1. The van der Waals surface area contributed by atoms with E-state index in [2.05, 4.69) is 35.4 Å². The van der Waals surface area contributed by atoms with E-state index in [1.165, 1.54) is 18.4 Å². The number of amides is 1. The number of carbonyl (C=O) groups is 1. The molecule has 13 nitrogen and oxygen atoms in total. The first-order chi connectivity index (χ1) is 21.6. The second-order valence-corrected chi connectivity index (χ2v) is 13.3. The lowest BCUT2D eigenvalue weighted by Crippen LogP contribution is -2.54. The molecule has 238 valence electrons. The van der Waals surface area contributed by atoms with Crippen molar-refractivity contribution in [3.63, 3.8) is 0 Å². The lowest BCUT2D eigenvalue weighted by Gasteiger charge is -2.42. The standard InChI is InChI=1S/C30H36FN9O4S/c1-44-25-18-20(38-12-9-19(10-13-38)39-14-16-40(17-15-39)45(2,42)43)6-7-23(25)35-30-36-28-21(8-11-33-28)29(37-30)34-24-5-3-4-22(31)26(24)27(32)41/h3-8,11,18-19H,9-10,12-17H2,1-2H3,(H2,32,41)(H3,33,34,35,36,37)/p+1. The molecule has 0 saturated carbocycles. The largest absolute Gasteiger partial charge is 0.493 e. The van der Waals surface area contributed by atoms with E-state index in [1.54, 1.807) is 23.7 Å². The van der Waals surface area contributed by atoms with Gasteiger partial charge < -0.3 is 20.7 Å². The van der Waals surface area contributed by atoms with Gasteiger partial charge >= 0.3 is 5.95 Å². The number of anilines is 5. The van der Waals surface area contributed by atoms with Crippen LogP contribution in [-0.4, -0.2) is 92.2 Å². The van der Waals surface area contributed by atoms with E-state index >= 15 is 0 Å². The minimum absolute atomic E-state index is 0.205. The van der Waals surface area contributed by atoms with Crippen molar-refractivity contribution in [1.29, 1.82) is 0 Å². The Kier molecular flexibility index (Phi) is 8.48. The fourth-order valence-electron chi connectivity index (χ4n) is 6.15. The zero-order valence-electron chi connectivity index (χ0n) is 25.1. The lowest BCUT2D eigenvalue weighted by atomic mass is 10.0. The number of nitrogens with zero attached hydrogens (tertiary/aromatic N) is 4. The number of nitrogens with one attached hydrogen (secondary N) is 4. The van der Waals surface area contributed by atoms with Gasteiger partial charge in [-0.1, -0.05) is 11.1 Å². The Bertz CT molecular complexity index is 1820. The molecule has 4 heterocycles. The van der Waals surface area contributed by atoms with Crippen LogP contribution in [0.15, 0.2) is 48.7 Å². The number of fused-ring (bicyclic) bond motifs is 1. The van der Waals surface area contributed by atoms with Gasteiger partial charge in [0.2, 0.25) is 21.5 Å². The number of H-pyrrole nitrogens is 2. The Morgan fingerprint density at radius 1 is 1.07 bits per heavy atom. The van der Waals surface area contributed by atoms with Crippen LogP contribution in [0.3, 0.4) is 0 Å². The van der Waals surface area contributed by atoms with Gasteiger partial charge in [-0.25, -0.2) is 17.8 Å². The molecule has 2 fully saturated rings. The van der Waals surface area contributed by atoms with Gasteiger partial charge in [0.1, 0.15) is 11.5 Å². The number of ether oxygens (including phenoxy) is 1. The molecule has 2 aromatic carbocycles. The molecule has 0 spiro atoms. The summed E-state index contributed by atoms with van der Waals surface area (Å²) in [5.41, 5.74) is 7.79. The smallest absolute Gasteiger partial charge is 0.351 e. The molecule has 15 heteroatoms. The minimum atomic E-state index is -3.14. The van der Waals surface area contributed by atoms with E-state index in [4.69, 9.17) is 10.5 Å². The number of halogens is 1. The Labute approximate surface area is 260 Å². The van der Waals surface area contributed by atoms with Crippen LogP contribution >= 0.6 is 0 Å². The molecule has 4 aromatic rings. The van der Waals surface area contributed by atoms with Crippen molar-refractivity contribution in [2.45, 2.75) is 18.9 Å². The van der Waals surface area contributed by atoms with E-state index in [0.29, 0.717) is 53.4 Å². The zero-order valence-corrected chi connectivity index (χ0v) is 26.0. The predicted octanol–water partition coefficient (Wildman–Crippen LogP) is 2.66. The van der Waals surface area contributed by atoms with Gasteiger partial charge in [0.15, 0.2) is 5.75 Å². The zero-order chi connectivity index (χ0) is 31.7. The first-order valence-electron chi connectivity index (χ1n) is 14.8. The quantitative estimate of drug-likeness (QED) is 0.216. The van der Waals surface area contributed by atoms with Crippen LogP contribution in [0.25, 0.3) is 11.0 Å². The first kappa shape index (κ1) is 30.6. The number of nitrogens with two attached hydrogens (primary N) is 1. The summed E-state index contributed by atoms with van der Waals surface area (Å²) < 4.78 is 45.4. The number of benzene rings is 2. The molecule has 6 N–H and O–H groups in total. The van der Waals surface area contributed by atoms with Crippen LogP contribution in [0, 0.1) is 5.82 Å². The van der Waals surface area contributed by atoms with Crippen molar-refractivity contribution < 1.29 is 27.3 Å². The van der Waals surface area contributed by atoms with Crippen molar-refractivity contribution in [1.82, 2.24) is 19.2 Å². The average Bonchev–Trinajstić information content (AvgIpc) is 3.50. The van der Waals surface area contributed by atoms with E-state index in [1.807, 2.05) is 24.3 Å². The fourth-order valence-corrected chi connectivity index (χ4v) is 6.97. The van der Waals surface area contributed by atoms with Crippen LogP contribution < -0.4 is 31.0 Å². The number of hydrogen-bond donors (Lipinski definition) is 4. The molecule has 6 rings (SSSR count). The molecule has 0 radical (unpaired) electrons. The number of primary amides is 1. The van der Waals surface area contributed by atoms with Gasteiger partial charge in [-0.15, -0.1) is 0 Å². The summed E-state index contributed by atoms with van der Waals surface area (Å²) in [4.78, 5) is 27.7. The molecule has 2 aromatic heterocycles. The number of hydrogen-bond acceptors (Lipinski definition) is 9. The molecular weight excluding hydrogens is 601 g/mol. The van der Waals surface area contributed by atoms with Crippen LogP contribution in [0.4, 0.5) is 33.2 Å². The number of rotatable bonds is 9. The molecule has 2 saturated heterocycles. The molecule has 2 aliphatic rings. The van der Waals surface area contributed by atoms with Crippen LogP contribution in [0.1, 0.15) is 23.2 Å². The minimum Gasteiger partial charge on any atom is -0.493 e. The van der Waals surface area contributed by atoms with E-state index in [0.717, 1.165) is 44.7 Å². The highest BCUT2D eigenvalue weighted by Gasteiger charge is 2.30. The number of piperazine rings is 1. The van der Waals surface area contributed by atoms with Crippen LogP contribution in [0.2, 0.25) is 0 Å². The highest BCUT2D eigenvalue weighted by Crippen LogP contribution is 2.34. The number of methoxy groups -OCH3 is 1. The third-order valence-electron chi connectivity index (χ3n) is 8.51. The average molecular weight is 639 g/mol. The topological polar surface area (TPSA) is 163 Å². The summed E-state index contributed by atoms with van der Waals surface area (Å²) >= 11 is 0. The van der Waals surface area contributed by atoms with Crippen molar-refractivity contribution in [2.75, 3.05) is 68.2 Å². The molecule has 1 amide bonds. The molecule has 0 bridgehead atoms. The lowest BCUT2D eigenvalue weighted by molar-refractivity contribution is -0.333. The summed E-state index contributed by atoms with van der Waals surface area (Å²) in [5.74, 6) is -0.212. The summed E-state index contributed by atoms with van der Waals surface area (Å²) in [7, 11) is -1.53. The Morgan fingerprint density at radius 3 is 2.51 bits per heavy atom. The maximum atomic E-state index is 14.4. The molecular formula is C30H37FN9O4S+. The fraction of sp³-hybridized carbons (Fsp3) is 0.367. The summed E-state index contributed by atoms with van der Waals surface area (Å²) in [6.07, 6.45) is 5.01. The highest BCUT2D eigenvalue weighted by atomic mass is 32.2. The SMILES string of the molecule is COc1cc(N2CCC(N3CCN(S(C)(=O)=O)CC3)CC2)ccc1Nc1nc(Nc2cccc(F)c2C(N)=O)c2cc[nH]c2[nH+]1. The molecule has 0 unspecified atom stereocenters. The first-order valence-corrected chi connectivity index (χ1v) is 16.6. The monoisotopic (exact) mass is 638 g/mol. The summed E-state index contributed by atoms with van der Waals surface area (Å²) in [6.45, 7) is 4.38. The molecule has 0 aliphatic carbocycles. The number of carbonyl (C=O) groups excluding carboxylic acids is 1. The predicted molar refractivity (Wildman–Crippen MR) is 170 cm³/mol. The van der Waals surface area contributed by atoms with Crippen LogP contribution in [-0.2, 0) is 10.0 Å². The van der Waals surface area contributed by atoms with Crippen LogP contribution in [0.5, 0.6) is 5.75 Å². The number of sulfonamides is 1. The Hall–Kier alpha value is -4.47. The normalized spacial score (nSPS) is 17.0.